The molecule has 16 heteroatoms. The summed E-state index contributed by atoms with van der Waals surface area (Å²) in [5.74, 6) is -37.2. The molecule has 0 aromatic carbocycles. The maximum absolute atomic E-state index is 15.1. The van der Waals surface area contributed by atoms with Crippen molar-refractivity contribution in [1.29, 1.82) is 0 Å². The van der Waals surface area contributed by atoms with Crippen molar-refractivity contribution in [3.8, 4) is 0 Å². The first kappa shape index (κ1) is 27.6. The van der Waals surface area contributed by atoms with E-state index in [1.54, 1.807) is 0 Å². The van der Waals surface area contributed by atoms with Crippen molar-refractivity contribution in [3.05, 3.63) is 25.3 Å². The van der Waals surface area contributed by atoms with Gasteiger partial charge in [0, 0.05) is 12.2 Å². The molecule has 0 radical (unpaired) electrons. The van der Waals surface area contributed by atoms with Crippen molar-refractivity contribution in [1.82, 2.24) is 0 Å². The number of rotatable bonds is 6. The average Bonchev–Trinajstić information content (AvgIpc) is 2.70. The van der Waals surface area contributed by atoms with E-state index >= 15 is 8.78 Å². The quantitative estimate of drug-likeness (QED) is 0.348. The predicted molar refractivity (Wildman–Crippen MR) is 80.5 cm³/mol. The molecule has 184 valence electrons. The van der Waals surface area contributed by atoms with Gasteiger partial charge in [-0.15, -0.1) is 0 Å². The van der Waals surface area contributed by atoms with Crippen LogP contribution in [-0.4, -0.2) is 71.1 Å². The third kappa shape index (κ3) is 3.25. The minimum absolute atomic E-state index is 0.169. The molecule has 0 aromatic rings. The molecule has 1 rings (SSSR count). The fourth-order valence-corrected chi connectivity index (χ4v) is 2.78. The Hall–Kier alpha value is -2.39. The van der Waals surface area contributed by atoms with Gasteiger partial charge in [-0.2, -0.15) is 35.1 Å². The molecule has 4 atom stereocenters. The average molecular weight is 494 g/mol. The first-order valence-corrected chi connectivity index (χ1v) is 7.99. The van der Waals surface area contributed by atoms with Gasteiger partial charge in [0.05, 0.1) is 0 Å². The highest BCUT2D eigenvalue weighted by molar-refractivity contribution is 5.82. The molecule has 1 aliphatic rings. The van der Waals surface area contributed by atoms with Crippen molar-refractivity contribution in [2.45, 2.75) is 47.2 Å². The zero-order valence-corrected chi connectivity index (χ0v) is 15.4. The lowest BCUT2D eigenvalue weighted by Crippen LogP contribution is -2.83. The van der Waals surface area contributed by atoms with Crippen molar-refractivity contribution in [2.75, 3.05) is 13.3 Å². The van der Waals surface area contributed by atoms with Crippen LogP contribution in [0.1, 0.15) is 6.42 Å². The van der Waals surface area contributed by atoms with Gasteiger partial charge in [-0.3, -0.25) is 0 Å². The van der Waals surface area contributed by atoms with E-state index in [4.69, 9.17) is 0 Å². The summed E-state index contributed by atoms with van der Waals surface area (Å²) in [5.41, 5.74) is -12.8. The van der Waals surface area contributed by atoms with Crippen LogP contribution in [0.2, 0.25) is 0 Å². The van der Waals surface area contributed by atoms with E-state index in [2.05, 4.69) is 22.6 Å². The SMILES string of the molecule is C=CC(=O)OC1(F)CC(F)(OC(=O)C=C)C(F)(F)C(F)(CF)C(F)(F)C(O)(CF)C1(F)F. The Labute approximate surface area is 171 Å². The maximum Gasteiger partial charge on any atom is 0.358 e. The monoisotopic (exact) mass is 494 g/mol. The van der Waals surface area contributed by atoms with E-state index in [0.29, 0.717) is 0 Å². The van der Waals surface area contributed by atoms with Crippen molar-refractivity contribution < 1.29 is 72.5 Å². The van der Waals surface area contributed by atoms with Gasteiger partial charge < -0.3 is 14.6 Å². The fourth-order valence-electron chi connectivity index (χ4n) is 2.78. The number of hydrogen-bond donors (Lipinski definition) is 1. The van der Waals surface area contributed by atoms with Crippen LogP contribution < -0.4 is 0 Å². The van der Waals surface area contributed by atoms with E-state index in [9.17, 15) is 54.2 Å². The lowest BCUT2D eigenvalue weighted by atomic mass is 9.69. The first-order chi connectivity index (χ1) is 14.2. The van der Waals surface area contributed by atoms with E-state index < -0.39 is 72.5 Å². The van der Waals surface area contributed by atoms with Gasteiger partial charge in [0.15, 0.2) is 0 Å². The van der Waals surface area contributed by atoms with Crippen LogP contribution in [0.5, 0.6) is 0 Å². The highest BCUT2D eigenvalue weighted by Gasteiger charge is 2.93. The highest BCUT2D eigenvalue weighted by atomic mass is 19.3. The van der Waals surface area contributed by atoms with Gasteiger partial charge in [-0.1, -0.05) is 13.2 Å². The maximum atomic E-state index is 15.1. The summed E-state index contributed by atoms with van der Waals surface area (Å²) in [7, 11) is 0. The molecular weight excluding hydrogens is 481 g/mol. The third-order valence-corrected chi connectivity index (χ3v) is 4.66. The number of aliphatic hydroxyl groups is 1. The second-order valence-electron chi connectivity index (χ2n) is 6.54. The Bertz CT molecular complexity index is 743. The molecule has 0 heterocycles. The standard InChI is InChI=1S/C16H13F11O5/c1-3-8(28)31-12(20)5-13(21,32-9(29)4-2)16(26,27)11(30,7-18)14(22,23)10(19,6-17)15(12,24)25/h3-4,30H,1-2,5-7H2. The zero-order valence-electron chi connectivity index (χ0n) is 15.4. The summed E-state index contributed by atoms with van der Waals surface area (Å²) in [6, 6.07) is 0. The van der Waals surface area contributed by atoms with Gasteiger partial charge >= 0.3 is 41.4 Å². The number of esters is 2. The minimum atomic E-state index is -7.06. The molecule has 0 aromatic heterocycles. The van der Waals surface area contributed by atoms with Gasteiger partial charge in [0.25, 0.3) is 5.67 Å². The molecule has 1 aliphatic carbocycles. The smallest absolute Gasteiger partial charge is 0.358 e. The number of carbonyl (C=O) groups is 2. The summed E-state index contributed by atoms with van der Waals surface area (Å²) < 4.78 is 166. The van der Waals surface area contributed by atoms with E-state index in [0.717, 1.165) is 0 Å². The zero-order chi connectivity index (χ0) is 25.6. The van der Waals surface area contributed by atoms with Gasteiger partial charge in [-0.05, 0) is 0 Å². The summed E-state index contributed by atoms with van der Waals surface area (Å²) >= 11 is 0. The molecule has 4 unspecified atom stereocenters. The number of hydrogen-bond acceptors (Lipinski definition) is 5. The van der Waals surface area contributed by atoms with Gasteiger partial charge in [-0.25, -0.2) is 22.8 Å². The van der Waals surface area contributed by atoms with Crippen molar-refractivity contribution in [3.63, 3.8) is 0 Å². The van der Waals surface area contributed by atoms with Gasteiger partial charge in [0.2, 0.25) is 5.60 Å². The molecule has 0 aliphatic heterocycles. The molecule has 1 saturated carbocycles. The molecule has 32 heavy (non-hydrogen) atoms. The van der Waals surface area contributed by atoms with E-state index in [-0.39, 0.29) is 12.2 Å². The highest BCUT2D eigenvalue weighted by Crippen LogP contribution is 2.64. The minimum Gasteiger partial charge on any atom is -0.418 e. The van der Waals surface area contributed by atoms with Crippen LogP contribution in [-0.2, 0) is 19.1 Å². The van der Waals surface area contributed by atoms with Crippen LogP contribution in [0.15, 0.2) is 25.3 Å². The largest absolute Gasteiger partial charge is 0.418 e. The van der Waals surface area contributed by atoms with Crippen LogP contribution >= 0.6 is 0 Å². The Morgan fingerprint density at radius 1 is 0.750 bits per heavy atom. The lowest BCUT2D eigenvalue weighted by Gasteiger charge is -2.54. The van der Waals surface area contributed by atoms with Crippen LogP contribution in [0.4, 0.5) is 48.3 Å². The Kier molecular flexibility index (Phi) is 6.81. The second-order valence-corrected chi connectivity index (χ2v) is 6.54. The predicted octanol–water partition coefficient (Wildman–Crippen LogP) is 3.46. The van der Waals surface area contributed by atoms with E-state index in [1.165, 1.54) is 0 Å². The summed E-state index contributed by atoms with van der Waals surface area (Å²) in [5, 5.41) is 9.54. The number of carbonyl (C=O) groups excluding carboxylic acids is 2. The first-order valence-electron chi connectivity index (χ1n) is 7.99. The molecule has 0 bridgehead atoms. The van der Waals surface area contributed by atoms with Crippen molar-refractivity contribution >= 4 is 11.9 Å². The molecule has 0 spiro atoms. The number of ether oxygens (including phenoxy) is 2. The van der Waals surface area contributed by atoms with Crippen molar-refractivity contribution in [2.24, 2.45) is 0 Å². The second kappa shape index (κ2) is 7.88. The van der Waals surface area contributed by atoms with Gasteiger partial charge in [0.1, 0.15) is 19.8 Å². The molecule has 0 saturated heterocycles. The Balaban J connectivity index is 4.18. The molecule has 0 amide bonds. The fraction of sp³-hybridized carbons (Fsp3) is 0.625. The summed E-state index contributed by atoms with van der Waals surface area (Å²) in [6.45, 7) is -2.29. The molecular formula is C16H13F11O5. The molecule has 1 N–H and O–H groups in total. The van der Waals surface area contributed by atoms with Crippen LogP contribution in [0, 0.1) is 0 Å². The Morgan fingerprint density at radius 2 is 1.12 bits per heavy atom. The number of alkyl halides is 11. The summed E-state index contributed by atoms with van der Waals surface area (Å²) in [4.78, 5) is 22.4. The van der Waals surface area contributed by atoms with E-state index in [1.807, 2.05) is 0 Å². The van der Waals surface area contributed by atoms with Crippen LogP contribution in [0.25, 0.3) is 0 Å². The van der Waals surface area contributed by atoms with Crippen LogP contribution in [0.3, 0.4) is 0 Å². The third-order valence-electron chi connectivity index (χ3n) is 4.66. The molecule has 5 nitrogen and oxygen atoms in total. The topological polar surface area (TPSA) is 72.8 Å². The lowest BCUT2D eigenvalue weighted by molar-refractivity contribution is -0.449. The normalized spacial score (nSPS) is 38.0. The Morgan fingerprint density at radius 3 is 1.44 bits per heavy atom. The number of halogens is 11. The molecule has 1 fully saturated rings. The summed E-state index contributed by atoms with van der Waals surface area (Å²) in [6.07, 6.45) is -3.89.